The second kappa shape index (κ2) is 7.87. The number of hydrogen-bond acceptors (Lipinski definition) is 4. The monoisotopic (exact) mass is 427 g/mol. The van der Waals surface area contributed by atoms with E-state index in [1.165, 1.54) is 41.2 Å². The number of carbonyl (C=O) groups is 1. The Kier molecular flexibility index (Phi) is 4.90. The first-order chi connectivity index (χ1) is 15.2. The summed E-state index contributed by atoms with van der Waals surface area (Å²) in [6.45, 7) is 0.197. The van der Waals surface area contributed by atoms with Crippen molar-refractivity contribution < 1.29 is 19.3 Å². The lowest BCUT2D eigenvalue weighted by molar-refractivity contribution is -0.160. The number of carbonyl (C=O) groups excluding carboxylic acids is 1. The molecule has 0 saturated heterocycles. The highest BCUT2D eigenvalue weighted by molar-refractivity contribution is 5.91. The van der Waals surface area contributed by atoms with Gasteiger partial charge in [-0.15, -0.1) is 0 Å². The predicted molar refractivity (Wildman–Crippen MR) is 106 cm³/mol. The summed E-state index contributed by atoms with van der Waals surface area (Å²) in [7, 11) is 0. The van der Waals surface area contributed by atoms with Gasteiger partial charge in [0.1, 0.15) is 6.07 Å². The molecular weight excluding hydrogens is 407 g/mol. The van der Waals surface area contributed by atoms with Gasteiger partial charge in [0.05, 0.1) is 31.0 Å². The van der Waals surface area contributed by atoms with Crippen LogP contribution in [0.25, 0.3) is 0 Å². The van der Waals surface area contributed by atoms with Gasteiger partial charge in [-0.3, -0.25) is 14.5 Å². The maximum Gasteiger partial charge on any atom is 0.398 e. The Morgan fingerprint density at radius 2 is 1.97 bits per heavy atom. The van der Waals surface area contributed by atoms with Crippen molar-refractivity contribution in [1.29, 1.82) is 5.26 Å². The van der Waals surface area contributed by atoms with Crippen LogP contribution in [0.1, 0.15) is 36.6 Å². The van der Waals surface area contributed by atoms with Crippen LogP contribution in [0.5, 0.6) is 0 Å². The fourth-order valence-corrected chi connectivity index (χ4v) is 3.38. The second-order valence-corrected chi connectivity index (χ2v) is 7.47. The number of hydrogen-bond donors (Lipinski definition) is 1. The molecule has 1 aliphatic rings. The van der Waals surface area contributed by atoms with E-state index >= 15 is 0 Å². The standard InChI is InChI=1S/C22H18F3N5O/c23-22(24,25)21(8-9-21)17-4-1-15(2-5-17)11-20(31)28-19-7-10-30(29-19)14-18-6-3-16(12-26)13-27-18/h1-7,10,13H,8-9,11,14H2,(H,28,29,31)/i10T. The molecule has 158 valence electrons. The molecule has 4 rings (SSSR count). The first-order valence-electron chi connectivity index (χ1n) is 10.1. The lowest BCUT2D eigenvalue weighted by Gasteiger charge is -2.19. The Balaban J connectivity index is 1.37. The number of nitrogens with one attached hydrogen (secondary N) is 1. The number of nitriles is 1. The van der Waals surface area contributed by atoms with Crippen LogP contribution in [0, 0.1) is 11.3 Å². The van der Waals surface area contributed by atoms with Gasteiger partial charge in [0.15, 0.2) is 5.82 Å². The summed E-state index contributed by atoms with van der Waals surface area (Å²) in [6, 6.07) is 12.6. The molecule has 1 aromatic carbocycles. The third kappa shape index (κ3) is 4.43. The predicted octanol–water partition coefficient (Wildman–Crippen LogP) is 3.97. The molecule has 2 heterocycles. The quantitative estimate of drug-likeness (QED) is 0.645. The molecule has 0 atom stereocenters. The molecule has 1 N–H and O–H groups in total. The third-order valence-corrected chi connectivity index (χ3v) is 5.28. The van der Waals surface area contributed by atoms with Crippen LogP contribution >= 0.6 is 0 Å². The van der Waals surface area contributed by atoms with Crippen molar-refractivity contribution in [3.05, 3.63) is 77.2 Å². The van der Waals surface area contributed by atoms with Crippen molar-refractivity contribution in [1.82, 2.24) is 14.8 Å². The van der Waals surface area contributed by atoms with Gasteiger partial charge in [-0.05, 0) is 36.1 Å². The molecule has 1 amide bonds. The molecule has 1 saturated carbocycles. The summed E-state index contributed by atoms with van der Waals surface area (Å²) in [5.41, 5.74) is 0.0899. The van der Waals surface area contributed by atoms with E-state index in [1.54, 1.807) is 12.1 Å². The molecular formula is C22H18F3N5O. The molecule has 2 aromatic heterocycles. The molecule has 3 aromatic rings. The average molecular weight is 427 g/mol. The number of rotatable bonds is 6. The van der Waals surface area contributed by atoms with Crippen molar-refractivity contribution >= 4 is 11.7 Å². The molecule has 6 nitrogen and oxygen atoms in total. The Morgan fingerprint density at radius 1 is 1.23 bits per heavy atom. The fraction of sp³-hybridized carbons (Fsp3) is 0.273. The minimum atomic E-state index is -4.27. The van der Waals surface area contributed by atoms with Gasteiger partial charge in [0, 0.05) is 18.4 Å². The largest absolute Gasteiger partial charge is 0.398 e. The van der Waals surface area contributed by atoms with Crippen LogP contribution in [0.3, 0.4) is 0 Å². The smallest absolute Gasteiger partial charge is 0.309 e. The summed E-state index contributed by atoms with van der Waals surface area (Å²) >= 11 is 0. The van der Waals surface area contributed by atoms with Gasteiger partial charge >= 0.3 is 6.18 Å². The molecule has 1 fully saturated rings. The number of anilines is 1. The van der Waals surface area contributed by atoms with E-state index in [-0.39, 0.29) is 43.4 Å². The van der Waals surface area contributed by atoms with Crippen LogP contribution in [0.15, 0.2) is 54.8 Å². The lowest BCUT2D eigenvalue weighted by atomic mass is 9.94. The first kappa shape index (κ1) is 19.3. The van der Waals surface area contributed by atoms with E-state index in [1.807, 2.05) is 6.07 Å². The van der Waals surface area contributed by atoms with Gasteiger partial charge in [-0.25, -0.2) is 0 Å². The summed E-state index contributed by atoms with van der Waals surface area (Å²) in [6.07, 6.45) is -2.63. The first-order valence-corrected chi connectivity index (χ1v) is 9.56. The second-order valence-electron chi connectivity index (χ2n) is 7.47. The van der Waals surface area contributed by atoms with Gasteiger partial charge in [-0.2, -0.15) is 23.5 Å². The highest BCUT2D eigenvalue weighted by atomic mass is 19.4. The summed E-state index contributed by atoms with van der Waals surface area (Å²) in [4.78, 5) is 16.5. The zero-order chi connectivity index (χ0) is 22.9. The van der Waals surface area contributed by atoms with Crippen molar-refractivity contribution in [2.75, 3.05) is 5.32 Å². The molecule has 31 heavy (non-hydrogen) atoms. The Morgan fingerprint density at radius 3 is 2.55 bits per heavy atom. The van der Waals surface area contributed by atoms with Crippen LogP contribution < -0.4 is 5.32 Å². The molecule has 0 unspecified atom stereocenters. The average Bonchev–Trinajstić information content (AvgIpc) is 3.50. The topological polar surface area (TPSA) is 83.6 Å². The normalized spacial score (nSPS) is 15.1. The minimum Gasteiger partial charge on any atom is -0.309 e. The number of pyridine rings is 1. The molecule has 1 aliphatic carbocycles. The number of amides is 1. The molecule has 0 radical (unpaired) electrons. The Hall–Kier alpha value is -3.67. The SMILES string of the molecule is [3H]c1cc(NC(=O)Cc2ccc(C3(C(F)(F)F)CC3)cc2)nn1Cc1ccc(C#N)cn1. The van der Waals surface area contributed by atoms with E-state index in [9.17, 15) is 18.0 Å². The zero-order valence-electron chi connectivity index (χ0n) is 17.3. The van der Waals surface area contributed by atoms with Crippen molar-refractivity contribution in [2.24, 2.45) is 0 Å². The summed E-state index contributed by atoms with van der Waals surface area (Å²) in [5, 5.41) is 15.6. The van der Waals surface area contributed by atoms with E-state index in [0.717, 1.165) is 0 Å². The minimum absolute atomic E-state index is 0.0311. The lowest BCUT2D eigenvalue weighted by Crippen LogP contribution is -2.28. The van der Waals surface area contributed by atoms with E-state index in [4.69, 9.17) is 6.63 Å². The van der Waals surface area contributed by atoms with Crippen molar-refractivity contribution in [2.45, 2.75) is 37.4 Å². The summed E-state index contributed by atoms with van der Waals surface area (Å²) in [5.74, 6) is -0.199. The van der Waals surface area contributed by atoms with Gasteiger partial charge < -0.3 is 5.32 Å². The molecule has 9 heteroatoms. The number of nitrogens with zero attached hydrogens (tertiary/aromatic N) is 4. The van der Waals surface area contributed by atoms with Crippen LogP contribution in [0.2, 0.25) is 0 Å². The van der Waals surface area contributed by atoms with Crippen molar-refractivity contribution in [3.63, 3.8) is 0 Å². The Labute approximate surface area is 177 Å². The summed E-state index contributed by atoms with van der Waals surface area (Å²) < 4.78 is 49.1. The van der Waals surface area contributed by atoms with Gasteiger partial charge in [-0.1, -0.05) is 24.3 Å². The van der Waals surface area contributed by atoms with Crippen LogP contribution in [-0.4, -0.2) is 26.8 Å². The number of alkyl halides is 3. The van der Waals surface area contributed by atoms with Crippen LogP contribution in [-0.2, 0) is 23.2 Å². The van der Waals surface area contributed by atoms with Crippen molar-refractivity contribution in [3.8, 4) is 6.07 Å². The highest BCUT2D eigenvalue weighted by Gasteiger charge is 2.64. The van der Waals surface area contributed by atoms with E-state index in [0.29, 0.717) is 16.8 Å². The number of halogens is 3. The highest BCUT2D eigenvalue weighted by Crippen LogP contribution is 2.58. The molecule has 0 spiro atoms. The number of benzene rings is 1. The van der Waals surface area contributed by atoms with Crippen LogP contribution in [0.4, 0.5) is 19.0 Å². The van der Waals surface area contributed by atoms with E-state index in [2.05, 4.69) is 15.4 Å². The number of aromatic nitrogens is 3. The molecule has 0 aliphatic heterocycles. The maximum atomic E-state index is 13.2. The van der Waals surface area contributed by atoms with Gasteiger partial charge in [0.2, 0.25) is 5.91 Å². The zero-order valence-corrected chi connectivity index (χ0v) is 16.3. The van der Waals surface area contributed by atoms with Gasteiger partial charge in [0.25, 0.3) is 0 Å². The molecule has 0 bridgehead atoms. The maximum absolute atomic E-state index is 13.2. The fourth-order valence-electron chi connectivity index (χ4n) is 3.38. The van der Waals surface area contributed by atoms with E-state index < -0.39 is 17.5 Å². The Bertz CT molecular complexity index is 1180. The third-order valence-electron chi connectivity index (χ3n) is 5.28.